The zero-order valence-corrected chi connectivity index (χ0v) is 13.4. The SMILES string of the molecule is CCN1C[C@H]2CCN(C(=O)c3cnccn3)CC[C@H]2S1(=O)=O. The summed E-state index contributed by atoms with van der Waals surface area (Å²) in [6, 6.07) is 0. The van der Waals surface area contributed by atoms with Gasteiger partial charge in [-0.1, -0.05) is 6.92 Å². The van der Waals surface area contributed by atoms with Crippen LogP contribution < -0.4 is 0 Å². The van der Waals surface area contributed by atoms with E-state index in [2.05, 4.69) is 9.97 Å². The minimum atomic E-state index is -3.21. The lowest BCUT2D eigenvalue weighted by molar-refractivity contribution is 0.0752. The van der Waals surface area contributed by atoms with Gasteiger partial charge < -0.3 is 4.90 Å². The highest BCUT2D eigenvalue weighted by molar-refractivity contribution is 7.90. The Hall–Kier alpha value is -1.54. The number of carbonyl (C=O) groups is 1. The lowest BCUT2D eigenvalue weighted by Gasteiger charge is -2.21. The van der Waals surface area contributed by atoms with Crippen LogP contribution in [0.15, 0.2) is 18.6 Å². The summed E-state index contributed by atoms with van der Waals surface area (Å²) in [7, 11) is -3.21. The van der Waals surface area contributed by atoms with Crippen molar-refractivity contribution in [2.75, 3.05) is 26.2 Å². The molecule has 0 saturated carbocycles. The van der Waals surface area contributed by atoms with Crippen LogP contribution >= 0.6 is 0 Å². The van der Waals surface area contributed by atoms with E-state index in [1.807, 2.05) is 6.92 Å². The second-order valence-electron chi connectivity index (χ2n) is 5.75. The maximum absolute atomic E-state index is 12.5. The molecule has 0 bridgehead atoms. The molecule has 120 valence electrons. The monoisotopic (exact) mass is 324 g/mol. The summed E-state index contributed by atoms with van der Waals surface area (Å²) < 4.78 is 26.5. The number of fused-ring (bicyclic) bond motifs is 1. The van der Waals surface area contributed by atoms with E-state index in [9.17, 15) is 13.2 Å². The third kappa shape index (κ3) is 2.61. The van der Waals surface area contributed by atoms with Crippen LogP contribution in [0.5, 0.6) is 0 Å². The van der Waals surface area contributed by atoms with Crippen LogP contribution in [0, 0.1) is 5.92 Å². The van der Waals surface area contributed by atoms with E-state index in [0.717, 1.165) is 0 Å². The van der Waals surface area contributed by atoms with Crippen LogP contribution in [0.3, 0.4) is 0 Å². The second-order valence-corrected chi connectivity index (χ2v) is 7.91. The van der Waals surface area contributed by atoms with Crippen LogP contribution in [0.4, 0.5) is 0 Å². The Kier molecular flexibility index (Phi) is 4.14. The van der Waals surface area contributed by atoms with Crippen molar-refractivity contribution in [1.82, 2.24) is 19.2 Å². The summed E-state index contributed by atoms with van der Waals surface area (Å²) in [5.41, 5.74) is 0.313. The highest BCUT2D eigenvalue weighted by atomic mass is 32.2. The molecule has 22 heavy (non-hydrogen) atoms. The highest BCUT2D eigenvalue weighted by Crippen LogP contribution is 2.34. The molecule has 2 aliphatic heterocycles. The Bertz CT molecular complexity index is 649. The molecule has 3 heterocycles. The normalized spacial score (nSPS) is 28.1. The van der Waals surface area contributed by atoms with Gasteiger partial charge in [0.15, 0.2) is 0 Å². The number of nitrogens with zero attached hydrogens (tertiary/aromatic N) is 4. The quantitative estimate of drug-likeness (QED) is 0.784. The predicted octanol–water partition coefficient (Wildman–Crippen LogP) is 0.363. The highest BCUT2D eigenvalue weighted by Gasteiger charge is 2.46. The van der Waals surface area contributed by atoms with Gasteiger partial charge in [-0.15, -0.1) is 0 Å². The summed E-state index contributed by atoms with van der Waals surface area (Å²) in [6.45, 7) is 4.00. The van der Waals surface area contributed by atoms with Crippen molar-refractivity contribution in [2.24, 2.45) is 5.92 Å². The Balaban J connectivity index is 1.74. The molecule has 0 aliphatic carbocycles. The van der Waals surface area contributed by atoms with Crippen LogP contribution in [-0.4, -0.2) is 64.9 Å². The summed E-state index contributed by atoms with van der Waals surface area (Å²) in [5.74, 6) is -0.0533. The van der Waals surface area contributed by atoms with Crippen molar-refractivity contribution >= 4 is 15.9 Å². The van der Waals surface area contributed by atoms with Crippen LogP contribution in [0.25, 0.3) is 0 Å². The number of sulfonamides is 1. The Morgan fingerprint density at radius 2 is 2.09 bits per heavy atom. The summed E-state index contributed by atoms with van der Waals surface area (Å²) in [6.07, 6.45) is 5.67. The summed E-state index contributed by atoms with van der Waals surface area (Å²) in [4.78, 5) is 22.1. The van der Waals surface area contributed by atoms with Crippen molar-refractivity contribution in [1.29, 1.82) is 0 Å². The molecule has 2 saturated heterocycles. The fraction of sp³-hybridized carbons (Fsp3) is 0.643. The third-order valence-corrected chi connectivity index (χ3v) is 7.09. The molecule has 0 radical (unpaired) electrons. The molecule has 2 fully saturated rings. The lowest BCUT2D eigenvalue weighted by Crippen LogP contribution is -2.35. The molecule has 0 spiro atoms. The molecule has 2 atom stereocenters. The van der Waals surface area contributed by atoms with Crippen molar-refractivity contribution < 1.29 is 13.2 Å². The Labute approximate surface area is 130 Å². The first-order valence-electron chi connectivity index (χ1n) is 7.58. The van der Waals surface area contributed by atoms with Crippen molar-refractivity contribution in [3.63, 3.8) is 0 Å². The fourth-order valence-electron chi connectivity index (χ4n) is 3.38. The average molecular weight is 324 g/mol. The fourth-order valence-corrected chi connectivity index (χ4v) is 5.63. The van der Waals surface area contributed by atoms with Gasteiger partial charge in [-0.2, -0.15) is 0 Å². The van der Waals surface area contributed by atoms with Gasteiger partial charge in [0.05, 0.1) is 11.4 Å². The van der Waals surface area contributed by atoms with Gasteiger partial charge in [0.1, 0.15) is 5.69 Å². The van der Waals surface area contributed by atoms with Crippen LogP contribution in [0.2, 0.25) is 0 Å². The predicted molar refractivity (Wildman–Crippen MR) is 80.6 cm³/mol. The minimum absolute atomic E-state index is 0.115. The maximum atomic E-state index is 12.5. The molecule has 1 aromatic heterocycles. The van der Waals surface area contributed by atoms with Crippen molar-refractivity contribution in [3.8, 4) is 0 Å². The molecular weight excluding hydrogens is 304 g/mol. The van der Waals surface area contributed by atoms with E-state index in [4.69, 9.17) is 0 Å². The first-order valence-corrected chi connectivity index (χ1v) is 9.08. The first-order chi connectivity index (χ1) is 10.5. The number of amides is 1. The molecular formula is C14H20N4O3S. The molecule has 0 unspecified atom stereocenters. The van der Waals surface area contributed by atoms with Gasteiger partial charge >= 0.3 is 0 Å². The number of likely N-dealkylation sites (tertiary alicyclic amines) is 1. The lowest BCUT2D eigenvalue weighted by atomic mass is 10.0. The van der Waals surface area contributed by atoms with E-state index in [0.29, 0.717) is 44.7 Å². The van der Waals surface area contributed by atoms with Gasteiger partial charge in [0.2, 0.25) is 10.0 Å². The summed E-state index contributed by atoms with van der Waals surface area (Å²) in [5, 5.41) is -0.355. The Morgan fingerprint density at radius 3 is 2.77 bits per heavy atom. The smallest absolute Gasteiger partial charge is 0.274 e. The molecule has 7 nitrogen and oxygen atoms in total. The molecule has 8 heteroatoms. The van der Waals surface area contributed by atoms with Crippen molar-refractivity contribution in [3.05, 3.63) is 24.3 Å². The topological polar surface area (TPSA) is 83.5 Å². The van der Waals surface area contributed by atoms with Crippen LogP contribution in [0.1, 0.15) is 30.3 Å². The van der Waals surface area contributed by atoms with E-state index < -0.39 is 10.0 Å². The number of carbonyl (C=O) groups excluding carboxylic acids is 1. The average Bonchev–Trinajstić information content (AvgIpc) is 2.68. The first kappa shape index (κ1) is 15.4. The van der Waals surface area contributed by atoms with E-state index >= 15 is 0 Å². The van der Waals surface area contributed by atoms with Gasteiger partial charge in [-0.05, 0) is 18.8 Å². The van der Waals surface area contributed by atoms with Crippen molar-refractivity contribution in [2.45, 2.75) is 25.0 Å². The number of hydrogen-bond acceptors (Lipinski definition) is 5. The number of aromatic nitrogens is 2. The van der Waals surface area contributed by atoms with E-state index in [1.165, 1.54) is 18.6 Å². The second kappa shape index (κ2) is 5.92. The number of hydrogen-bond donors (Lipinski definition) is 0. The minimum Gasteiger partial charge on any atom is -0.337 e. The molecule has 0 aromatic carbocycles. The molecule has 3 rings (SSSR count). The number of rotatable bonds is 2. The van der Waals surface area contributed by atoms with Gasteiger partial charge in [-0.25, -0.2) is 17.7 Å². The summed E-state index contributed by atoms with van der Waals surface area (Å²) >= 11 is 0. The standard InChI is InChI=1S/C14H20N4O3S/c1-2-18-10-11-3-7-17(8-4-13(11)22(18,20)21)14(19)12-9-15-5-6-16-12/h5-6,9,11,13H,2-4,7-8,10H2,1H3/t11-,13-/m1/s1. The zero-order valence-electron chi connectivity index (χ0n) is 12.6. The van der Waals surface area contributed by atoms with Gasteiger partial charge in [0.25, 0.3) is 5.91 Å². The van der Waals surface area contributed by atoms with Gasteiger partial charge in [-0.3, -0.25) is 9.78 Å². The van der Waals surface area contributed by atoms with E-state index in [-0.39, 0.29) is 17.1 Å². The molecule has 1 amide bonds. The third-order valence-electron chi connectivity index (χ3n) is 4.58. The molecule has 0 N–H and O–H groups in total. The molecule has 1 aromatic rings. The van der Waals surface area contributed by atoms with E-state index in [1.54, 1.807) is 9.21 Å². The maximum Gasteiger partial charge on any atom is 0.274 e. The zero-order chi connectivity index (χ0) is 15.7. The largest absolute Gasteiger partial charge is 0.337 e. The van der Waals surface area contributed by atoms with Crippen LogP contribution in [-0.2, 0) is 10.0 Å². The van der Waals surface area contributed by atoms with Gasteiger partial charge in [0, 0.05) is 38.6 Å². The molecule has 2 aliphatic rings. The Morgan fingerprint density at radius 1 is 1.32 bits per heavy atom.